The van der Waals surface area contributed by atoms with Crippen LogP contribution in [-0.4, -0.2) is 43.3 Å². The molecule has 5 nitrogen and oxygen atoms in total. The number of allylic oxidation sites excluding steroid dienone is 1. The lowest BCUT2D eigenvalue weighted by Crippen LogP contribution is -2.15. The Kier molecular flexibility index (Phi) is 4.39. The summed E-state index contributed by atoms with van der Waals surface area (Å²) in [6.45, 7) is 0. The standard InChI is InChI=1S/C12H14N2O3/c1-14(2)10(6-8-15)11-9(12(16)17-3)5-4-7-13-11/h4-8H,1-3H3. The summed E-state index contributed by atoms with van der Waals surface area (Å²) in [5, 5.41) is 0. The van der Waals surface area contributed by atoms with E-state index in [4.69, 9.17) is 0 Å². The molecular formula is C12H14N2O3. The second-order valence-electron chi connectivity index (χ2n) is 3.47. The molecule has 1 aromatic heterocycles. The van der Waals surface area contributed by atoms with Crippen molar-refractivity contribution in [1.82, 2.24) is 9.88 Å². The highest BCUT2D eigenvalue weighted by Gasteiger charge is 2.16. The van der Waals surface area contributed by atoms with Gasteiger partial charge in [0.2, 0.25) is 0 Å². The normalized spacial score (nSPS) is 10.9. The Bertz CT molecular complexity index is 453. The predicted octanol–water partition coefficient (Wildman–Crippen LogP) is 0.970. The van der Waals surface area contributed by atoms with Gasteiger partial charge in [-0.3, -0.25) is 9.78 Å². The number of nitrogens with zero attached hydrogens (tertiary/aromatic N) is 2. The molecule has 0 aliphatic carbocycles. The van der Waals surface area contributed by atoms with E-state index in [1.807, 2.05) is 0 Å². The summed E-state index contributed by atoms with van der Waals surface area (Å²) >= 11 is 0. The van der Waals surface area contributed by atoms with Gasteiger partial charge in [-0.1, -0.05) is 0 Å². The number of carbonyl (C=O) groups excluding carboxylic acids is 2. The number of aromatic nitrogens is 1. The fourth-order valence-corrected chi connectivity index (χ4v) is 1.39. The number of carbonyl (C=O) groups is 2. The third kappa shape index (κ3) is 2.90. The van der Waals surface area contributed by atoms with Gasteiger partial charge < -0.3 is 9.64 Å². The van der Waals surface area contributed by atoms with Gasteiger partial charge in [-0.15, -0.1) is 0 Å². The van der Waals surface area contributed by atoms with Crippen LogP contribution in [0.3, 0.4) is 0 Å². The van der Waals surface area contributed by atoms with E-state index in [1.54, 1.807) is 37.3 Å². The molecule has 0 N–H and O–H groups in total. The zero-order chi connectivity index (χ0) is 12.8. The molecular weight excluding hydrogens is 220 g/mol. The van der Waals surface area contributed by atoms with Gasteiger partial charge in [0.15, 0.2) is 0 Å². The number of aldehydes is 1. The Morgan fingerprint density at radius 3 is 2.71 bits per heavy atom. The molecule has 0 aromatic carbocycles. The molecule has 1 heterocycles. The lowest BCUT2D eigenvalue weighted by Gasteiger charge is -2.17. The van der Waals surface area contributed by atoms with Crippen LogP contribution in [0.15, 0.2) is 24.4 Å². The van der Waals surface area contributed by atoms with Gasteiger partial charge in [-0.2, -0.15) is 0 Å². The summed E-state index contributed by atoms with van der Waals surface area (Å²) in [5.74, 6) is -0.480. The molecule has 0 saturated carbocycles. The quantitative estimate of drug-likeness (QED) is 0.441. The van der Waals surface area contributed by atoms with Crippen molar-refractivity contribution in [1.29, 1.82) is 0 Å². The van der Waals surface area contributed by atoms with E-state index in [1.165, 1.54) is 13.2 Å². The van der Waals surface area contributed by atoms with Crippen molar-refractivity contribution in [2.75, 3.05) is 21.2 Å². The Balaban J connectivity index is 3.33. The number of rotatable bonds is 4. The van der Waals surface area contributed by atoms with E-state index in [9.17, 15) is 9.59 Å². The lowest BCUT2D eigenvalue weighted by molar-refractivity contribution is -0.104. The largest absolute Gasteiger partial charge is 0.465 e. The van der Waals surface area contributed by atoms with Gasteiger partial charge in [0, 0.05) is 26.4 Å². The first-order valence-corrected chi connectivity index (χ1v) is 4.98. The van der Waals surface area contributed by atoms with Crippen LogP contribution in [-0.2, 0) is 9.53 Å². The Morgan fingerprint density at radius 2 is 2.18 bits per heavy atom. The average Bonchev–Trinajstić information content (AvgIpc) is 2.34. The molecule has 0 unspecified atom stereocenters. The summed E-state index contributed by atoms with van der Waals surface area (Å²) in [6, 6.07) is 3.25. The molecule has 0 amide bonds. The van der Waals surface area contributed by atoms with E-state index in [0.29, 0.717) is 23.2 Å². The van der Waals surface area contributed by atoms with Gasteiger partial charge in [0.05, 0.1) is 18.4 Å². The van der Waals surface area contributed by atoms with Crippen molar-refractivity contribution in [2.45, 2.75) is 0 Å². The first-order valence-electron chi connectivity index (χ1n) is 4.98. The minimum atomic E-state index is -0.480. The molecule has 0 fully saturated rings. The van der Waals surface area contributed by atoms with Gasteiger partial charge >= 0.3 is 5.97 Å². The molecule has 0 saturated heterocycles. The monoisotopic (exact) mass is 234 g/mol. The van der Waals surface area contributed by atoms with E-state index in [0.717, 1.165) is 0 Å². The molecule has 0 spiro atoms. The molecule has 0 radical (unpaired) electrons. The molecule has 5 heteroatoms. The number of hydrogen-bond donors (Lipinski definition) is 0. The molecule has 1 rings (SSSR count). The number of hydrogen-bond acceptors (Lipinski definition) is 5. The SMILES string of the molecule is COC(=O)c1cccnc1C(=CC=O)N(C)C. The lowest BCUT2D eigenvalue weighted by atomic mass is 10.1. The van der Waals surface area contributed by atoms with Gasteiger partial charge in [-0.25, -0.2) is 4.79 Å². The average molecular weight is 234 g/mol. The van der Waals surface area contributed by atoms with Crippen LogP contribution in [0, 0.1) is 0 Å². The summed E-state index contributed by atoms with van der Waals surface area (Å²) in [6.07, 6.45) is 3.57. The Labute approximate surface area is 99.7 Å². The minimum Gasteiger partial charge on any atom is -0.465 e. The van der Waals surface area contributed by atoms with Crippen molar-refractivity contribution in [3.8, 4) is 0 Å². The highest BCUT2D eigenvalue weighted by Crippen LogP contribution is 2.18. The second kappa shape index (κ2) is 5.79. The number of pyridine rings is 1. The number of methoxy groups -OCH3 is 1. The summed E-state index contributed by atoms with van der Waals surface area (Å²) < 4.78 is 4.67. The van der Waals surface area contributed by atoms with Gasteiger partial charge in [0.1, 0.15) is 12.0 Å². The number of esters is 1. The fraction of sp³-hybridized carbons (Fsp3) is 0.250. The third-order valence-corrected chi connectivity index (χ3v) is 2.16. The highest BCUT2D eigenvalue weighted by atomic mass is 16.5. The maximum Gasteiger partial charge on any atom is 0.340 e. The third-order valence-electron chi connectivity index (χ3n) is 2.16. The van der Waals surface area contributed by atoms with E-state index in [2.05, 4.69) is 9.72 Å². The van der Waals surface area contributed by atoms with Crippen LogP contribution in [0.5, 0.6) is 0 Å². The van der Waals surface area contributed by atoms with Crippen LogP contribution in [0.4, 0.5) is 0 Å². The highest BCUT2D eigenvalue weighted by molar-refractivity contribution is 5.95. The van der Waals surface area contributed by atoms with Crippen molar-refractivity contribution < 1.29 is 14.3 Å². The smallest absolute Gasteiger partial charge is 0.340 e. The first-order chi connectivity index (χ1) is 8.11. The van der Waals surface area contributed by atoms with Crippen molar-refractivity contribution in [3.05, 3.63) is 35.7 Å². The van der Waals surface area contributed by atoms with Gasteiger partial charge in [-0.05, 0) is 12.1 Å². The van der Waals surface area contributed by atoms with Crippen molar-refractivity contribution >= 4 is 18.0 Å². The van der Waals surface area contributed by atoms with Crippen LogP contribution < -0.4 is 0 Å². The Hall–Kier alpha value is -2.17. The van der Waals surface area contributed by atoms with E-state index < -0.39 is 5.97 Å². The molecule has 0 atom stereocenters. The number of ether oxygens (including phenoxy) is 1. The predicted molar refractivity (Wildman–Crippen MR) is 63.3 cm³/mol. The van der Waals surface area contributed by atoms with Crippen LogP contribution >= 0.6 is 0 Å². The molecule has 0 aliphatic heterocycles. The fourth-order valence-electron chi connectivity index (χ4n) is 1.39. The molecule has 1 aromatic rings. The van der Waals surface area contributed by atoms with Gasteiger partial charge in [0.25, 0.3) is 0 Å². The second-order valence-corrected chi connectivity index (χ2v) is 3.47. The maximum absolute atomic E-state index is 11.6. The van der Waals surface area contributed by atoms with E-state index in [-0.39, 0.29) is 0 Å². The minimum absolute atomic E-state index is 0.330. The van der Waals surface area contributed by atoms with Crippen LogP contribution in [0.2, 0.25) is 0 Å². The maximum atomic E-state index is 11.6. The topological polar surface area (TPSA) is 59.5 Å². The summed E-state index contributed by atoms with van der Waals surface area (Å²) in [4.78, 5) is 28.0. The zero-order valence-electron chi connectivity index (χ0n) is 10.0. The van der Waals surface area contributed by atoms with Crippen LogP contribution in [0.25, 0.3) is 5.70 Å². The van der Waals surface area contributed by atoms with Crippen molar-refractivity contribution in [3.63, 3.8) is 0 Å². The summed E-state index contributed by atoms with van der Waals surface area (Å²) in [7, 11) is 4.84. The van der Waals surface area contributed by atoms with Crippen LogP contribution in [0.1, 0.15) is 16.1 Å². The molecule has 0 bridgehead atoms. The molecule has 17 heavy (non-hydrogen) atoms. The molecule has 90 valence electrons. The Morgan fingerprint density at radius 1 is 1.47 bits per heavy atom. The summed E-state index contributed by atoms with van der Waals surface area (Å²) in [5.41, 5.74) is 1.31. The van der Waals surface area contributed by atoms with Crippen molar-refractivity contribution in [2.24, 2.45) is 0 Å². The first kappa shape index (κ1) is 12.9. The molecule has 0 aliphatic rings. The van der Waals surface area contributed by atoms with E-state index >= 15 is 0 Å². The zero-order valence-corrected chi connectivity index (χ0v) is 10.0.